The molecule has 0 aliphatic carbocycles. The van der Waals surface area contributed by atoms with Gasteiger partial charge in [-0.1, -0.05) is 12.1 Å². The summed E-state index contributed by atoms with van der Waals surface area (Å²) < 4.78 is 0. The molecule has 0 aliphatic heterocycles. The number of hydrogen-bond acceptors (Lipinski definition) is 1. The topological polar surface area (TPSA) is 0 Å². The minimum atomic E-state index is 0. The first-order valence-electron chi connectivity index (χ1n) is 1.47. The van der Waals surface area contributed by atoms with Gasteiger partial charge in [0.2, 0.25) is 0 Å². The summed E-state index contributed by atoms with van der Waals surface area (Å²) in [5, 5.41) is 4.08. The van der Waals surface area contributed by atoms with E-state index in [1.807, 2.05) is 22.9 Å². The molecule has 30 valence electrons. The molecule has 0 fully saturated rings. The molecule has 0 nitrogen and oxygen atoms in total. The van der Waals surface area contributed by atoms with Crippen LogP contribution in [0.1, 0.15) is 0 Å². The SMILES string of the molecule is [Ti].c1ccsc1. The van der Waals surface area contributed by atoms with E-state index in [1.165, 1.54) is 0 Å². The molecule has 6 heavy (non-hydrogen) atoms. The van der Waals surface area contributed by atoms with E-state index in [4.69, 9.17) is 0 Å². The smallest absolute Gasteiger partial charge is 0 e. The van der Waals surface area contributed by atoms with Gasteiger partial charge in [-0.3, -0.25) is 0 Å². The maximum Gasteiger partial charge on any atom is 0 e. The number of thiophene rings is 1. The van der Waals surface area contributed by atoms with Gasteiger partial charge in [0.1, 0.15) is 0 Å². The van der Waals surface area contributed by atoms with E-state index in [0.717, 1.165) is 0 Å². The average molecular weight is 132 g/mol. The normalized spacial score (nSPS) is 6.67. The molecule has 0 spiro atoms. The van der Waals surface area contributed by atoms with E-state index in [-0.39, 0.29) is 21.7 Å². The van der Waals surface area contributed by atoms with Crippen molar-refractivity contribution >= 4 is 11.3 Å². The summed E-state index contributed by atoms with van der Waals surface area (Å²) in [7, 11) is 0. The van der Waals surface area contributed by atoms with Gasteiger partial charge in [-0.05, 0) is 10.8 Å². The largest absolute Gasteiger partial charge is 0.152 e. The zero-order chi connectivity index (χ0) is 3.54. The Hall–Kier alpha value is 0.414. The Kier molecular flexibility index (Phi) is 3.85. The molecular formula is C4H4STi. The van der Waals surface area contributed by atoms with Crippen molar-refractivity contribution < 1.29 is 21.7 Å². The molecule has 0 aromatic carbocycles. The predicted molar refractivity (Wildman–Crippen MR) is 24.3 cm³/mol. The third-order valence-electron chi connectivity index (χ3n) is 0.425. The van der Waals surface area contributed by atoms with E-state index < -0.39 is 0 Å². The van der Waals surface area contributed by atoms with Gasteiger partial charge in [0, 0.05) is 21.7 Å². The molecule has 1 aromatic rings. The van der Waals surface area contributed by atoms with E-state index in [9.17, 15) is 0 Å². The van der Waals surface area contributed by atoms with Crippen LogP contribution < -0.4 is 0 Å². The number of rotatable bonds is 0. The molecule has 0 saturated heterocycles. The second kappa shape index (κ2) is 3.60. The predicted octanol–water partition coefficient (Wildman–Crippen LogP) is 1.75. The summed E-state index contributed by atoms with van der Waals surface area (Å²) in [4.78, 5) is 0. The van der Waals surface area contributed by atoms with Crippen molar-refractivity contribution in [1.82, 2.24) is 0 Å². The van der Waals surface area contributed by atoms with Crippen LogP contribution in [-0.2, 0) is 21.7 Å². The molecule has 0 bridgehead atoms. The minimum absolute atomic E-state index is 0. The van der Waals surface area contributed by atoms with E-state index in [2.05, 4.69) is 0 Å². The molecule has 1 rings (SSSR count). The van der Waals surface area contributed by atoms with Crippen LogP contribution in [0.5, 0.6) is 0 Å². The molecule has 0 aliphatic rings. The fourth-order valence-corrected chi connectivity index (χ4v) is 0.680. The third-order valence-corrected chi connectivity index (χ3v) is 1.05. The van der Waals surface area contributed by atoms with Gasteiger partial charge >= 0.3 is 0 Å². The Labute approximate surface area is 56.1 Å². The van der Waals surface area contributed by atoms with Crippen LogP contribution in [0.25, 0.3) is 0 Å². The minimum Gasteiger partial charge on any atom is -0.152 e. The van der Waals surface area contributed by atoms with Crippen LogP contribution in [0.15, 0.2) is 22.9 Å². The molecular weight excluding hydrogens is 128 g/mol. The summed E-state index contributed by atoms with van der Waals surface area (Å²) in [5.74, 6) is 0. The summed E-state index contributed by atoms with van der Waals surface area (Å²) in [6, 6.07) is 4.04. The molecule has 0 unspecified atom stereocenters. The molecule has 2 heteroatoms. The van der Waals surface area contributed by atoms with Crippen LogP contribution in [0.3, 0.4) is 0 Å². The fourth-order valence-electron chi connectivity index (χ4n) is 0.227. The van der Waals surface area contributed by atoms with Crippen LogP contribution in [0, 0.1) is 0 Å². The Morgan fingerprint density at radius 3 is 1.67 bits per heavy atom. The Bertz CT molecular complexity index is 64.0. The summed E-state index contributed by atoms with van der Waals surface area (Å²) >= 11 is 1.71. The number of hydrogen-bond donors (Lipinski definition) is 0. The summed E-state index contributed by atoms with van der Waals surface area (Å²) in [6.45, 7) is 0. The first-order valence-corrected chi connectivity index (χ1v) is 2.41. The van der Waals surface area contributed by atoms with Crippen LogP contribution in [0.2, 0.25) is 0 Å². The first-order chi connectivity index (χ1) is 2.50. The molecule has 0 radical (unpaired) electrons. The van der Waals surface area contributed by atoms with Crippen molar-refractivity contribution in [3.05, 3.63) is 22.9 Å². The quantitative estimate of drug-likeness (QED) is 0.471. The van der Waals surface area contributed by atoms with Gasteiger partial charge in [-0.2, -0.15) is 11.3 Å². The van der Waals surface area contributed by atoms with Crippen LogP contribution in [-0.4, -0.2) is 0 Å². The van der Waals surface area contributed by atoms with Gasteiger partial charge in [0.15, 0.2) is 0 Å². The second-order valence-corrected chi connectivity index (χ2v) is 1.61. The van der Waals surface area contributed by atoms with Gasteiger partial charge < -0.3 is 0 Å². The van der Waals surface area contributed by atoms with E-state index in [0.29, 0.717) is 0 Å². The van der Waals surface area contributed by atoms with E-state index >= 15 is 0 Å². The van der Waals surface area contributed by atoms with Crippen molar-refractivity contribution in [3.63, 3.8) is 0 Å². The molecule has 0 amide bonds. The molecule has 1 heterocycles. The molecule has 0 saturated carbocycles. The van der Waals surface area contributed by atoms with Gasteiger partial charge in [0.25, 0.3) is 0 Å². The van der Waals surface area contributed by atoms with Gasteiger partial charge in [0.05, 0.1) is 0 Å². The first kappa shape index (κ1) is 6.41. The summed E-state index contributed by atoms with van der Waals surface area (Å²) in [5.41, 5.74) is 0. The fraction of sp³-hybridized carbons (Fsp3) is 0. The average Bonchev–Trinajstić information content (AvgIpc) is 1.76. The van der Waals surface area contributed by atoms with Crippen molar-refractivity contribution in [2.45, 2.75) is 0 Å². The molecule has 0 atom stereocenters. The molecule has 0 N–H and O–H groups in total. The van der Waals surface area contributed by atoms with E-state index in [1.54, 1.807) is 11.3 Å². The van der Waals surface area contributed by atoms with Crippen molar-refractivity contribution in [3.8, 4) is 0 Å². The zero-order valence-corrected chi connectivity index (χ0v) is 5.60. The maximum absolute atomic E-state index is 2.04. The van der Waals surface area contributed by atoms with Crippen molar-refractivity contribution in [2.24, 2.45) is 0 Å². The Morgan fingerprint density at radius 1 is 1.00 bits per heavy atom. The Balaban J connectivity index is 0.000000250. The maximum atomic E-state index is 2.04. The van der Waals surface area contributed by atoms with Gasteiger partial charge in [-0.25, -0.2) is 0 Å². The monoisotopic (exact) mass is 132 g/mol. The molecule has 1 aromatic heterocycles. The Morgan fingerprint density at radius 2 is 1.50 bits per heavy atom. The van der Waals surface area contributed by atoms with Crippen LogP contribution >= 0.6 is 11.3 Å². The van der Waals surface area contributed by atoms with Crippen LogP contribution in [0.4, 0.5) is 0 Å². The third kappa shape index (κ3) is 1.76. The van der Waals surface area contributed by atoms with Crippen molar-refractivity contribution in [2.75, 3.05) is 0 Å². The van der Waals surface area contributed by atoms with Gasteiger partial charge in [-0.15, -0.1) is 0 Å². The van der Waals surface area contributed by atoms with Crippen molar-refractivity contribution in [1.29, 1.82) is 0 Å². The second-order valence-electron chi connectivity index (χ2n) is 0.793. The summed E-state index contributed by atoms with van der Waals surface area (Å²) in [6.07, 6.45) is 0. The zero-order valence-electron chi connectivity index (χ0n) is 3.22. The standard InChI is InChI=1S/C4H4S.Ti/c1-2-4-5-3-1;/h1-4H;.